The number of hydrogen-bond donors (Lipinski definition) is 1. The smallest absolute Gasteiger partial charge is 0.0749 e. The van der Waals surface area contributed by atoms with Crippen molar-refractivity contribution >= 4 is 0 Å². The molecule has 1 unspecified atom stereocenters. The summed E-state index contributed by atoms with van der Waals surface area (Å²) in [6, 6.07) is 0. The molecule has 0 aromatic heterocycles. The van der Waals surface area contributed by atoms with E-state index in [-0.39, 0.29) is 6.10 Å². The van der Waals surface area contributed by atoms with Crippen LogP contribution in [0.1, 0.15) is 33.6 Å². The van der Waals surface area contributed by atoms with Gasteiger partial charge in [0.15, 0.2) is 0 Å². The fourth-order valence-corrected chi connectivity index (χ4v) is 1.51. The molecule has 0 fully saturated rings. The first kappa shape index (κ1) is 8.79. The minimum atomic E-state index is -0.193. The maximum atomic E-state index is 9.52. The number of hydrogen-bond acceptors (Lipinski definition) is 1. The lowest BCUT2D eigenvalue weighted by molar-refractivity contribution is 0.146. The quantitative estimate of drug-likeness (QED) is 0.575. The number of rotatable bonds is 1. The Hall–Kier alpha value is -0.300. The van der Waals surface area contributed by atoms with Crippen molar-refractivity contribution in [2.75, 3.05) is 0 Å². The van der Waals surface area contributed by atoms with E-state index in [2.05, 4.69) is 20.8 Å². The summed E-state index contributed by atoms with van der Waals surface area (Å²) < 4.78 is 0. The van der Waals surface area contributed by atoms with Crippen molar-refractivity contribution in [2.45, 2.75) is 39.7 Å². The third-order valence-corrected chi connectivity index (χ3v) is 2.60. The minimum absolute atomic E-state index is 0.193. The maximum Gasteiger partial charge on any atom is 0.0749 e. The maximum absolute atomic E-state index is 9.52. The Labute approximate surface area is 69.1 Å². The second kappa shape index (κ2) is 3.40. The summed E-state index contributed by atoms with van der Waals surface area (Å²) in [5.41, 5.74) is 1.43. The first-order chi connectivity index (χ1) is 5.11. The molecule has 11 heavy (non-hydrogen) atoms. The van der Waals surface area contributed by atoms with Gasteiger partial charge in [0.1, 0.15) is 0 Å². The Balaban J connectivity index is 2.63. The molecule has 0 radical (unpaired) electrons. The summed E-state index contributed by atoms with van der Waals surface area (Å²) in [5, 5.41) is 9.52. The Morgan fingerprint density at radius 2 is 2.18 bits per heavy atom. The highest BCUT2D eigenvalue weighted by Gasteiger charge is 2.19. The van der Waals surface area contributed by atoms with Crippen LogP contribution < -0.4 is 0 Å². The van der Waals surface area contributed by atoms with E-state index in [0.29, 0.717) is 11.8 Å². The van der Waals surface area contributed by atoms with Crippen LogP contribution in [-0.4, -0.2) is 11.2 Å². The molecule has 64 valence electrons. The summed E-state index contributed by atoms with van der Waals surface area (Å²) in [4.78, 5) is 0. The number of aliphatic hydroxyl groups excluding tert-OH is 1. The lowest BCUT2D eigenvalue weighted by atomic mass is 9.84. The molecule has 0 aliphatic heterocycles. The zero-order valence-electron chi connectivity index (χ0n) is 7.67. The van der Waals surface area contributed by atoms with Gasteiger partial charge in [0.2, 0.25) is 0 Å². The molecule has 0 aromatic carbocycles. The SMILES string of the molecule is CC(C)C1=CC(O)[C@H](C)CC1. The van der Waals surface area contributed by atoms with Crippen molar-refractivity contribution in [2.24, 2.45) is 11.8 Å². The van der Waals surface area contributed by atoms with Crippen molar-refractivity contribution < 1.29 is 5.11 Å². The lowest BCUT2D eigenvalue weighted by Crippen LogP contribution is -2.21. The second-order valence-electron chi connectivity index (χ2n) is 3.90. The van der Waals surface area contributed by atoms with Gasteiger partial charge in [-0.3, -0.25) is 0 Å². The number of aliphatic hydroxyl groups is 1. The first-order valence-electron chi connectivity index (χ1n) is 4.50. The molecule has 0 saturated heterocycles. The predicted octanol–water partition coefficient (Wildman–Crippen LogP) is 2.36. The van der Waals surface area contributed by atoms with Crippen molar-refractivity contribution in [1.82, 2.24) is 0 Å². The lowest BCUT2D eigenvalue weighted by Gasteiger charge is -2.25. The van der Waals surface area contributed by atoms with Crippen LogP contribution in [0.2, 0.25) is 0 Å². The molecule has 0 spiro atoms. The van der Waals surface area contributed by atoms with Gasteiger partial charge in [-0.15, -0.1) is 0 Å². The highest BCUT2D eigenvalue weighted by Crippen LogP contribution is 2.27. The van der Waals surface area contributed by atoms with E-state index in [1.54, 1.807) is 0 Å². The van der Waals surface area contributed by atoms with E-state index in [9.17, 15) is 5.11 Å². The van der Waals surface area contributed by atoms with E-state index in [1.165, 1.54) is 12.0 Å². The summed E-state index contributed by atoms with van der Waals surface area (Å²) >= 11 is 0. The fraction of sp³-hybridized carbons (Fsp3) is 0.800. The molecular formula is C10H18O. The highest BCUT2D eigenvalue weighted by atomic mass is 16.3. The molecule has 1 nitrogen and oxygen atoms in total. The van der Waals surface area contributed by atoms with E-state index < -0.39 is 0 Å². The zero-order valence-corrected chi connectivity index (χ0v) is 7.67. The molecule has 1 N–H and O–H groups in total. The van der Waals surface area contributed by atoms with Crippen molar-refractivity contribution in [3.8, 4) is 0 Å². The Morgan fingerprint density at radius 1 is 1.55 bits per heavy atom. The summed E-state index contributed by atoms with van der Waals surface area (Å²) in [7, 11) is 0. The van der Waals surface area contributed by atoms with Crippen molar-refractivity contribution in [1.29, 1.82) is 0 Å². The van der Waals surface area contributed by atoms with Gasteiger partial charge in [-0.2, -0.15) is 0 Å². The summed E-state index contributed by atoms with van der Waals surface area (Å²) in [6.45, 7) is 6.49. The molecule has 0 heterocycles. The van der Waals surface area contributed by atoms with Gasteiger partial charge in [-0.25, -0.2) is 0 Å². The van der Waals surface area contributed by atoms with Crippen LogP contribution in [0.5, 0.6) is 0 Å². The Morgan fingerprint density at radius 3 is 2.64 bits per heavy atom. The second-order valence-corrected chi connectivity index (χ2v) is 3.90. The Bertz CT molecular complexity index is 158. The van der Waals surface area contributed by atoms with Gasteiger partial charge < -0.3 is 5.11 Å². The van der Waals surface area contributed by atoms with Gasteiger partial charge in [-0.1, -0.05) is 32.4 Å². The molecule has 1 aliphatic rings. The molecule has 1 heteroatoms. The van der Waals surface area contributed by atoms with E-state index in [4.69, 9.17) is 0 Å². The molecule has 2 atom stereocenters. The number of allylic oxidation sites excluding steroid dienone is 1. The molecule has 0 saturated carbocycles. The minimum Gasteiger partial charge on any atom is -0.389 e. The normalized spacial score (nSPS) is 32.3. The highest BCUT2D eigenvalue weighted by molar-refractivity contribution is 5.11. The fourth-order valence-electron chi connectivity index (χ4n) is 1.51. The monoisotopic (exact) mass is 154 g/mol. The van der Waals surface area contributed by atoms with Crippen LogP contribution in [0.4, 0.5) is 0 Å². The third kappa shape index (κ3) is 2.06. The van der Waals surface area contributed by atoms with Gasteiger partial charge in [-0.05, 0) is 24.7 Å². The van der Waals surface area contributed by atoms with Crippen LogP contribution in [0, 0.1) is 11.8 Å². The van der Waals surface area contributed by atoms with Crippen LogP contribution >= 0.6 is 0 Å². The van der Waals surface area contributed by atoms with E-state index >= 15 is 0 Å². The zero-order chi connectivity index (χ0) is 8.43. The van der Waals surface area contributed by atoms with Crippen LogP contribution in [0.25, 0.3) is 0 Å². The largest absolute Gasteiger partial charge is 0.389 e. The topological polar surface area (TPSA) is 20.2 Å². The average molecular weight is 154 g/mol. The van der Waals surface area contributed by atoms with Crippen LogP contribution in [-0.2, 0) is 0 Å². The van der Waals surface area contributed by atoms with Crippen molar-refractivity contribution in [3.05, 3.63) is 11.6 Å². The van der Waals surface area contributed by atoms with Gasteiger partial charge >= 0.3 is 0 Å². The van der Waals surface area contributed by atoms with Crippen LogP contribution in [0.15, 0.2) is 11.6 Å². The van der Waals surface area contributed by atoms with Crippen molar-refractivity contribution in [3.63, 3.8) is 0 Å². The molecule has 0 bridgehead atoms. The molecule has 1 aliphatic carbocycles. The van der Waals surface area contributed by atoms with E-state index in [1.807, 2.05) is 6.08 Å². The summed E-state index contributed by atoms with van der Waals surface area (Å²) in [6.07, 6.45) is 4.17. The summed E-state index contributed by atoms with van der Waals surface area (Å²) in [5.74, 6) is 1.06. The predicted molar refractivity (Wildman–Crippen MR) is 47.3 cm³/mol. The van der Waals surface area contributed by atoms with Crippen LogP contribution in [0.3, 0.4) is 0 Å². The van der Waals surface area contributed by atoms with Gasteiger partial charge in [0.25, 0.3) is 0 Å². The van der Waals surface area contributed by atoms with Gasteiger partial charge in [0.05, 0.1) is 6.10 Å². The van der Waals surface area contributed by atoms with Gasteiger partial charge in [0, 0.05) is 0 Å². The molecule has 1 rings (SSSR count). The average Bonchev–Trinajstić information content (AvgIpc) is 1.94. The van der Waals surface area contributed by atoms with E-state index in [0.717, 1.165) is 6.42 Å². The standard InChI is InChI=1S/C10H18O/c1-7(2)9-5-4-8(3)10(11)6-9/h6-8,10-11H,4-5H2,1-3H3/t8-,10?/m1/s1. The molecular weight excluding hydrogens is 136 g/mol. The molecule has 0 aromatic rings. The Kier molecular flexibility index (Phi) is 2.72. The molecule has 0 amide bonds. The first-order valence-corrected chi connectivity index (χ1v) is 4.50. The third-order valence-electron chi connectivity index (χ3n) is 2.60.